The zero-order valence-electron chi connectivity index (χ0n) is 8.69. The molecule has 0 amide bonds. The van der Waals surface area contributed by atoms with Gasteiger partial charge in [-0.25, -0.2) is 0 Å². The lowest BCUT2D eigenvalue weighted by Crippen LogP contribution is -2.06. The average Bonchev–Trinajstić information content (AvgIpc) is 1.86. The highest BCUT2D eigenvalue weighted by Crippen LogP contribution is 2.15. The van der Waals surface area contributed by atoms with Crippen molar-refractivity contribution in [1.82, 2.24) is 0 Å². The number of rotatable bonds is 6. The summed E-state index contributed by atoms with van der Waals surface area (Å²) in [6.45, 7) is 10.2. The molecule has 0 aliphatic rings. The minimum atomic E-state index is 0.881. The van der Waals surface area contributed by atoms with Crippen molar-refractivity contribution >= 4 is 6.71 Å². The van der Waals surface area contributed by atoms with E-state index in [-0.39, 0.29) is 0 Å². The molecule has 0 aliphatic heterocycles. The van der Waals surface area contributed by atoms with E-state index < -0.39 is 0 Å². The lowest BCUT2D eigenvalue weighted by atomic mass is 9.49. The molecule has 0 nitrogen and oxygen atoms in total. The lowest BCUT2D eigenvalue weighted by Gasteiger charge is -2.11. The van der Waals surface area contributed by atoms with Crippen molar-refractivity contribution in [2.45, 2.75) is 59.5 Å². The quantitative estimate of drug-likeness (QED) is 0.401. The van der Waals surface area contributed by atoms with Crippen molar-refractivity contribution in [3.8, 4) is 0 Å². The van der Waals surface area contributed by atoms with Crippen molar-refractivity contribution in [3.63, 3.8) is 0 Å². The second kappa shape index (κ2) is 6.76. The van der Waals surface area contributed by atoms with Crippen LogP contribution in [0.5, 0.6) is 0 Å². The van der Waals surface area contributed by atoms with Crippen LogP contribution in [0.25, 0.3) is 0 Å². The van der Waals surface area contributed by atoms with Gasteiger partial charge in [-0.1, -0.05) is 65.4 Å². The first-order valence-electron chi connectivity index (χ1n) is 5.16. The van der Waals surface area contributed by atoms with E-state index in [0.717, 1.165) is 12.6 Å². The molecule has 0 bridgehead atoms. The molecular formula is C10H23B. The third kappa shape index (κ3) is 7.97. The fourth-order valence-corrected chi connectivity index (χ4v) is 1.67. The minimum absolute atomic E-state index is 0.881. The summed E-state index contributed by atoms with van der Waals surface area (Å²) < 4.78 is 0. The Hall–Kier alpha value is 0.0649. The van der Waals surface area contributed by atoms with Gasteiger partial charge in [-0.05, 0) is 0 Å². The first-order chi connectivity index (χ1) is 5.16. The number of hydrogen-bond acceptors (Lipinski definition) is 0. The summed E-state index contributed by atoms with van der Waals surface area (Å²) in [7, 11) is 0. The SMILES string of the molecule is CCCCCC(C)CB(C)C. The van der Waals surface area contributed by atoms with E-state index in [9.17, 15) is 0 Å². The van der Waals surface area contributed by atoms with Crippen molar-refractivity contribution in [3.05, 3.63) is 0 Å². The fraction of sp³-hybridized carbons (Fsp3) is 1.00. The Labute approximate surface area is 72.8 Å². The predicted octanol–water partition coefficient (Wildman–Crippen LogP) is 3.96. The maximum Gasteiger partial charge on any atom is 0.133 e. The van der Waals surface area contributed by atoms with E-state index in [0.29, 0.717) is 0 Å². The molecule has 0 fully saturated rings. The van der Waals surface area contributed by atoms with Crippen molar-refractivity contribution in [1.29, 1.82) is 0 Å². The summed E-state index contributed by atoms with van der Waals surface area (Å²) >= 11 is 0. The second-order valence-corrected chi connectivity index (χ2v) is 4.23. The van der Waals surface area contributed by atoms with Crippen molar-refractivity contribution in [2.75, 3.05) is 0 Å². The fourth-order valence-electron chi connectivity index (χ4n) is 1.67. The van der Waals surface area contributed by atoms with Crippen LogP contribution in [0, 0.1) is 5.92 Å². The van der Waals surface area contributed by atoms with Crippen LogP contribution in [0.3, 0.4) is 0 Å². The molecule has 0 aromatic rings. The molecule has 0 aromatic heterocycles. The molecular weight excluding hydrogens is 131 g/mol. The monoisotopic (exact) mass is 154 g/mol. The molecule has 0 heterocycles. The molecule has 0 aromatic carbocycles. The molecule has 0 aliphatic carbocycles. The molecule has 11 heavy (non-hydrogen) atoms. The van der Waals surface area contributed by atoms with E-state index in [4.69, 9.17) is 0 Å². The minimum Gasteiger partial charge on any atom is -0.0863 e. The van der Waals surface area contributed by atoms with Crippen molar-refractivity contribution in [2.24, 2.45) is 5.92 Å². The maximum atomic E-state index is 2.38. The molecule has 0 N–H and O–H groups in total. The summed E-state index contributed by atoms with van der Waals surface area (Å²) in [5.74, 6) is 0.946. The molecule has 1 heteroatoms. The summed E-state index contributed by atoms with van der Waals surface area (Å²) in [6, 6.07) is 0. The summed E-state index contributed by atoms with van der Waals surface area (Å²) in [6.07, 6.45) is 7.05. The van der Waals surface area contributed by atoms with Gasteiger partial charge >= 0.3 is 0 Å². The highest BCUT2D eigenvalue weighted by Gasteiger charge is 2.05. The molecule has 0 rings (SSSR count). The Bertz CT molecular complexity index is 78.9. The van der Waals surface area contributed by atoms with E-state index in [2.05, 4.69) is 27.5 Å². The first-order valence-corrected chi connectivity index (χ1v) is 5.16. The molecule has 1 unspecified atom stereocenters. The van der Waals surface area contributed by atoms with Crippen LogP contribution in [0.1, 0.15) is 39.5 Å². The van der Waals surface area contributed by atoms with Crippen LogP contribution >= 0.6 is 0 Å². The van der Waals surface area contributed by atoms with Crippen LogP contribution in [0.2, 0.25) is 20.0 Å². The molecule has 0 spiro atoms. The standard InChI is InChI=1S/C10H23B/c1-5-6-7-8-10(2)9-11(3)4/h10H,5-9H2,1-4H3. The third-order valence-electron chi connectivity index (χ3n) is 2.17. The van der Waals surface area contributed by atoms with E-state index in [1.54, 1.807) is 0 Å². The van der Waals surface area contributed by atoms with E-state index in [1.165, 1.54) is 32.0 Å². The Morgan fingerprint density at radius 2 is 1.82 bits per heavy atom. The van der Waals surface area contributed by atoms with Gasteiger partial charge in [0.05, 0.1) is 0 Å². The average molecular weight is 154 g/mol. The third-order valence-corrected chi connectivity index (χ3v) is 2.17. The highest BCUT2D eigenvalue weighted by atomic mass is 14.0. The normalized spacial score (nSPS) is 13.1. The van der Waals surface area contributed by atoms with Crippen LogP contribution in [0.4, 0.5) is 0 Å². The van der Waals surface area contributed by atoms with E-state index in [1.807, 2.05) is 0 Å². The Balaban J connectivity index is 3.15. The first kappa shape index (κ1) is 11.1. The number of unbranched alkanes of at least 4 members (excludes halogenated alkanes) is 2. The van der Waals surface area contributed by atoms with Gasteiger partial charge in [0.15, 0.2) is 0 Å². The van der Waals surface area contributed by atoms with Gasteiger partial charge in [0.1, 0.15) is 6.71 Å². The van der Waals surface area contributed by atoms with Gasteiger partial charge in [0.25, 0.3) is 0 Å². The molecule has 0 saturated carbocycles. The maximum absolute atomic E-state index is 2.38. The Morgan fingerprint density at radius 3 is 2.27 bits per heavy atom. The highest BCUT2D eigenvalue weighted by molar-refractivity contribution is 6.55. The molecule has 0 radical (unpaired) electrons. The van der Waals surface area contributed by atoms with Crippen LogP contribution in [-0.2, 0) is 0 Å². The van der Waals surface area contributed by atoms with Crippen LogP contribution in [0.15, 0.2) is 0 Å². The number of hydrogen-bond donors (Lipinski definition) is 0. The van der Waals surface area contributed by atoms with Gasteiger partial charge in [0, 0.05) is 0 Å². The topological polar surface area (TPSA) is 0 Å². The van der Waals surface area contributed by atoms with Gasteiger partial charge in [-0.2, -0.15) is 0 Å². The Kier molecular flexibility index (Phi) is 6.80. The van der Waals surface area contributed by atoms with Gasteiger partial charge in [-0.15, -0.1) is 0 Å². The molecule has 1 atom stereocenters. The molecule has 0 saturated heterocycles. The van der Waals surface area contributed by atoms with Crippen LogP contribution in [-0.4, -0.2) is 6.71 Å². The Morgan fingerprint density at radius 1 is 1.18 bits per heavy atom. The van der Waals surface area contributed by atoms with Crippen molar-refractivity contribution < 1.29 is 0 Å². The summed E-state index contributed by atoms with van der Waals surface area (Å²) in [5.41, 5.74) is 0. The predicted molar refractivity (Wildman–Crippen MR) is 55.6 cm³/mol. The van der Waals surface area contributed by atoms with Gasteiger partial charge < -0.3 is 0 Å². The largest absolute Gasteiger partial charge is 0.133 e. The zero-order chi connectivity index (χ0) is 8.69. The van der Waals surface area contributed by atoms with Gasteiger partial charge in [-0.3, -0.25) is 0 Å². The zero-order valence-corrected chi connectivity index (χ0v) is 8.69. The van der Waals surface area contributed by atoms with Gasteiger partial charge in [0.2, 0.25) is 0 Å². The molecule has 66 valence electrons. The second-order valence-electron chi connectivity index (χ2n) is 4.23. The smallest absolute Gasteiger partial charge is 0.0863 e. The lowest BCUT2D eigenvalue weighted by molar-refractivity contribution is 0.531. The van der Waals surface area contributed by atoms with Crippen LogP contribution < -0.4 is 0 Å². The summed E-state index contributed by atoms with van der Waals surface area (Å²) in [5, 5.41) is 0. The van der Waals surface area contributed by atoms with E-state index >= 15 is 0 Å². The summed E-state index contributed by atoms with van der Waals surface area (Å²) in [4.78, 5) is 0.